The first kappa shape index (κ1) is 17.4. The van der Waals surface area contributed by atoms with Gasteiger partial charge in [0.25, 0.3) is 11.6 Å². The number of nitro groups is 1. The van der Waals surface area contributed by atoms with Crippen molar-refractivity contribution in [3.8, 4) is 0 Å². The Hall–Kier alpha value is -2.41. The molecule has 0 saturated carbocycles. The molecule has 1 N–H and O–H groups in total. The summed E-state index contributed by atoms with van der Waals surface area (Å²) in [6.07, 6.45) is 2.82. The lowest BCUT2D eigenvalue weighted by atomic mass is 10.1. The number of carbonyl (C=O) groups excluding carboxylic acids is 1. The van der Waals surface area contributed by atoms with Gasteiger partial charge in [0.1, 0.15) is 5.69 Å². The lowest BCUT2D eigenvalue weighted by molar-refractivity contribution is -0.384. The lowest BCUT2D eigenvalue weighted by Gasteiger charge is -2.18. The first-order chi connectivity index (χ1) is 12.0. The van der Waals surface area contributed by atoms with Crippen LogP contribution in [0.5, 0.6) is 0 Å². The first-order valence-corrected chi connectivity index (χ1v) is 9.34. The van der Waals surface area contributed by atoms with E-state index in [4.69, 9.17) is 0 Å². The van der Waals surface area contributed by atoms with E-state index in [0.29, 0.717) is 11.3 Å². The molecule has 3 rings (SSSR count). The molecule has 0 radical (unpaired) electrons. The van der Waals surface area contributed by atoms with E-state index in [1.54, 1.807) is 23.5 Å². The van der Waals surface area contributed by atoms with Gasteiger partial charge < -0.3 is 10.2 Å². The van der Waals surface area contributed by atoms with Crippen molar-refractivity contribution in [2.45, 2.75) is 32.2 Å². The van der Waals surface area contributed by atoms with Crippen molar-refractivity contribution in [3.05, 3.63) is 56.3 Å². The van der Waals surface area contributed by atoms with Crippen LogP contribution in [0.4, 0.5) is 11.4 Å². The van der Waals surface area contributed by atoms with Crippen LogP contribution in [0.3, 0.4) is 0 Å². The molecule has 1 fully saturated rings. The standard InChI is InChI=1S/C18H21N3O3S/c1-13(10-14-6-9-25-12-14)19-18(22)15-4-5-16(17(11-15)21(23)24)20-7-2-3-8-20/h4-6,9,11-13H,2-3,7-8,10H2,1H3,(H,19,22). The molecule has 1 aliphatic rings. The number of nitrogens with zero attached hydrogens (tertiary/aromatic N) is 2. The Balaban J connectivity index is 1.73. The van der Waals surface area contributed by atoms with Crippen molar-refractivity contribution in [2.24, 2.45) is 0 Å². The molecule has 7 heteroatoms. The first-order valence-electron chi connectivity index (χ1n) is 8.40. The molecule has 1 saturated heterocycles. The minimum atomic E-state index is -0.404. The van der Waals surface area contributed by atoms with Gasteiger partial charge in [-0.05, 0) is 60.7 Å². The van der Waals surface area contributed by atoms with Gasteiger partial charge in [0, 0.05) is 30.8 Å². The highest BCUT2D eigenvalue weighted by Crippen LogP contribution is 2.31. The van der Waals surface area contributed by atoms with Crippen LogP contribution in [-0.4, -0.2) is 30.0 Å². The minimum absolute atomic E-state index is 0.0000349. The number of amides is 1. The van der Waals surface area contributed by atoms with Crippen LogP contribution in [-0.2, 0) is 6.42 Å². The van der Waals surface area contributed by atoms with E-state index in [9.17, 15) is 14.9 Å². The van der Waals surface area contributed by atoms with Crippen molar-refractivity contribution < 1.29 is 9.72 Å². The predicted octanol–water partition coefficient (Wildman–Crippen LogP) is 3.62. The summed E-state index contributed by atoms with van der Waals surface area (Å²) < 4.78 is 0. The average molecular weight is 359 g/mol. The fraction of sp³-hybridized carbons (Fsp3) is 0.389. The molecule has 25 heavy (non-hydrogen) atoms. The second kappa shape index (κ2) is 7.65. The van der Waals surface area contributed by atoms with Gasteiger partial charge in [-0.3, -0.25) is 14.9 Å². The van der Waals surface area contributed by atoms with Crippen molar-refractivity contribution in [3.63, 3.8) is 0 Å². The normalized spacial score (nSPS) is 15.2. The maximum atomic E-state index is 12.4. The van der Waals surface area contributed by atoms with Gasteiger partial charge in [-0.1, -0.05) is 0 Å². The van der Waals surface area contributed by atoms with Gasteiger partial charge in [-0.15, -0.1) is 0 Å². The molecule has 1 aliphatic heterocycles. The summed E-state index contributed by atoms with van der Waals surface area (Å²) in [5, 5.41) is 18.4. The summed E-state index contributed by atoms with van der Waals surface area (Å²) in [5.41, 5.74) is 2.10. The third kappa shape index (κ3) is 4.17. The van der Waals surface area contributed by atoms with E-state index in [1.165, 1.54) is 11.6 Å². The van der Waals surface area contributed by atoms with Gasteiger partial charge in [0.05, 0.1) is 4.92 Å². The number of carbonyl (C=O) groups is 1. The van der Waals surface area contributed by atoms with Crippen LogP contribution in [0.1, 0.15) is 35.7 Å². The Labute approximate surface area is 150 Å². The highest BCUT2D eigenvalue weighted by Gasteiger charge is 2.24. The third-order valence-electron chi connectivity index (χ3n) is 4.38. The van der Waals surface area contributed by atoms with Gasteiger partial charge in [-0.25, -0.2) is 0 Å². The molecule has 2 heterocycles. The Morgan fingerprint density at radius 1 is 1.36 bits per heavy atom. The zero-order valence-corrected chi connectivity index (χ0v) is 14.9. The van der Waals surface area contributed by atoms with Crippen LogP contribution >= 0.6 is 11.3 Å². The van der Waals surface area contributed by atoms with Gasteiger partial charge >= 0.3 is 0 Å². The second-order valence-corrected chi connectivity index (χ2v) is 7.15. The zero-order valence-electron chi connectivity index (χ0n) is 14.1. The molecule has 1 aromatic heterocycles. The van der Waals surface area contributed by atoms with E-state index in [1.807, 2.05) is 23.3 Å². The molecule has 1 atom stereocenters. The van der Waals surface area contributed by atoms with Crippen molar-refractivity contribution >= 4 is 28.6 Å². The van der Waals surface area contributed by atoms with Crippen LogP contribution in [0.2, 0.25) is 0 Å². The third-order valence-corrected chi connectivity index (χ3v) is 5.11. The average Bonchev–Trinajstić information content (AvgIpc) is 3.27. The predicted molar refractivity (Wildman–Crippen MR) is 99.5 cm³/mol. The number of anilines is 1. The molecule has 1 amide bonds. The van der Waals surface area contributed by atoms with Gasteiger partial charge in [0.2, 0.25) is 0 Å². The molecule has 132 valence electrons. The minimum Gasteiger partial charge on any atom is -0.366 e. The van der Waals surface area contributed by atoms with Gasteiger partial charge in [0.15, 0.2) is 0 Å². The van der Waals surface area contributed by atoms with E-state index in [-0.39, 0.29) is 17.6 Å². The SMILES string of the molecule is CC(Cc1ccsc1)NC(=O)c1ccc(N2CCCC2)c([N+](=O)[O-])c1. The number of thiophene rings is 1. The van der Waals surface area contributed by atoms with Crippen LogP contribution < -0.4 is 10.2 Å². The maximum absolute atomic E-state index is 12.4. The molecule has 0 bridgehead atoms. The fourth-order valence-electron chi connectivity index (χ4n) is 3.16. The van der Waals surface area contributed by atoms with Crippen molar-refractivity contribution in [1.82, 2.24) is 5.32 Å². The summed E-state index contributed by atoms with van der Waals surface area (Å²) in [6, 6.07) is 6.75. The zero-order chi connectivity index (χ0) is 17.8. The number of benzene rings is 1. The molecule has 6 nitrogen and oxygen atoms in total. The molecule has 1 unspecified atom stereocenters. The van der Waals surface area contributed by atoms with E-state index < -0.39 is 4.92 Å². The monoisotopic (exact) mass is 359 g/mol. The topological polar surface area (TPSA) is 75.5 Å². The summed E-state index contributed by atoms with van der Waals surface area (Å²) in [5.74, 6) is -0.279. The highest BCUT2D eigenvalue weighted by molar-refractivity contribution is 7.07. The molecular formula is C18H21N3O3S. The Morgan fingerprint density at radius 3 is 2.76 bits per heavy atom. The van der Waals surface area contributed by atoms with Crippen LogP contribution in [0, 0.1) is 10.1 Å². The summed E-state index contributed by atoms with van der Waals surface area (Å²) in [6.45, 7) is 3.58. The fourth-order valence-corrected chi connectivity index (χ4v) is 3.84. The van der Waals surface area contributed by atoms with Crippen LogP contribution in [0.25, 0.3) is 0 Å². The smallest absolute Gasteiger partial charge is 0.293 e. The summed E-state index contributed by atoms with van der Waals surface area (Å²) in [4.78, 5) is 25.5. The Morgan fingerprint density at radius 2 is 2.12 bits per heavy atom. The molecule has 1 aromatic carbocycles. The van der Waals surface area contributed by atoms with E-state index in [2.05, 4.69) is 10.7 Å². The number of hydrogen-bond donors (Lipinski definition) is 1. The molecule has 2 aromatic rings. The molecular weight excluding hydrogens is 338 g/mol. The quantitative estimate of drug-likeness (QED) is 0.631. The number of nitro benzene ring substituents is 1. The summed E-state index contributed by atoms with van der Waals surface area (Å²) >= 11 is 1.62. The van der Waals surface area contributed by atoms with Crippen molar-refractivity contribution in [1.29, 1.82) is 0 Å². The number of hydrogen-bond acceptors (Lipinski definition) is 5. The Bertz CT molecular complexity index is 755. The van der Waals surface area contributed by atoms with E-state index in [0.717, 1.165) is 32.4 Å². The lowest BCUT2D eigenvalue weighted by Crippen LogP contribution is -2.34. The molecule has 0 aliphatic carbocycles. The Kier molecular flexibility index (Phi) is 5.33. The van der Waals surface area contributed by atoms with E-state index >= 15 is 0 Å². The number of nitrogens with one attached hydrogen (secondary N) is 1. The van der Waals surface area contributed by atoms with Gasteiger partial charge in [-0.2, -0.15) is 11.3 Å². The second-order valence-electron chi connectivity index (χ2n) is 6.36. The molecule has 0 spiro atoms. The maximum Gasteiger partial charge on any atom is 0.293 e. The largest absolute Gasteiger partial charge is 0.366 e. The summed E-state index contributed by atoms with van der Waals surface area (Å²) in [7, 11) is 0. The highest BCUT2D eigenvalue weighted by atomic mass is 32.1. The van der Waals surface area contributed by atoms with Crippen LogP contribution in [0.15, 0.2) is 35.0 Å². The number of rotatable bonds is 6. The van der Waals surface area contributed by atoms with Crippen molar-refractivity contribution in [2.75, 3.05) is 18.0 Å².